The van der Waals surface area contributed by atoms with Crippen molar-refractivity contribution in [3.63, 3.8) is 0 Å². The first-order valence-corrected chi connectivity index (χ1v) is 12.2. The molecule has 188 valence electrons. The van der Waals surface area contributed by atoms with E-state index in [9.17, 15) is 14.4 Å². The van der Waals surface area contributed by atoms with Gasteiger partial charge in [-0.25, -0.2) is 4.79 Å². The van der Waals surface area contributed by atoms with E-state index in [1.165, 1.54) is 9.47 Å². The number of rotatable bonds is 12. The van der Waals surface area contributed by atoms with Crippen molar-refractivity contribution in [3.05, 3.63) is 56.6 Å². The van der Waals surface area contributed by atoms with E-state index in [2.05, 4.69) is 22.0 Å². The number of nitrogens with two attached hydrogens (primary N) is 1. The van der Waals surface area contributed by atoms with Crippen LogP contribution in [0.15, 0.2) is 38.4 Å². The van der Waals surface area contributed by atoms with Crippen LogP contribution in [0.4, 0.5) is 11.5 Å². The summed E-state index contributed by atoms with van der Waals surface area (Å²) in [6, 6.07) is 7.75. The summed E-state index contributed by atoms with van der Waals surface area (Å²) in [5.74, 6) is 0.499. The molecule has 0 aliphatic carbocycles. The lowest BCUT2D eigenvalue weighted by Gasteiger charge is -2.24. The first-order chi connectivity index (χ1) is 16.8. The molecule has 0 saturated heterocycles. The number of anilines is 2. The Morgan fingerprint density at radius 1 is 1.11 bits per heavy atom. The van der Waals surface area contributed by atoms with E-state index in [1.807, 2.05) is 38.1 Å². The number of nitrogen functional groups attached to an aromatic ring is 1. The second-order valence-corrected chi connectivity index (χ2v) is 8.63. The molecule has 2 aromatic heterocycles. The molecule has 3 N–H and O–H groups in total. The molecule has 0 fully saturated rings. The van der Waals surface area contributed by atoms with Gasteiger partial charge in [0.25, 0.3) is 5.56 Å². The fourth-order valence-electron chi connectivity index (χ4n) is 3.78. The van der Waals surface area contributed by atoms with Crippen molar-refractivity contribution in [3.8, 4) is 11.4 Å². The smallest absolute Gasteiger partial charge is 0.330 e. The van der Waals surface area contributed by atoms with Crippen molar-refractivity contribution in [2.24, 2.45) is 0 Å². The second-order valence-electron chi connectivity index (χ2n) is 8.63. The van der Waals surface area contributed by atoms with Gasteiger partial charge in [0.05, 0.1) is 0 Å². The lowest BCUT2D eigenvalue weighted by atomic mass is 10.1. The van der Waals surface area contributed by atoms with Gasteiger partial charge in [-0.2, -0.15) is 4.98 Å². The number of carbonyl (C=O) groups is 1. The van der Waals surface area contributed by atoms with E-state index in [4.69, 9.17) is 10.3 Å². The van der Waals surface area contributed by atoms with Gasteiger partial charge in [-0.05, 0) is 19.8 Å². The number of aromatic nitrogens is 4. The van der Waals surface area contributed by atoms with E-state index in [-0.39, 0.29) is 30.3 Å². The lowest BCUT2D eigenvalue weighted by Crippen LogP contribution is -2.41. The van der Waals surface area contributed by atoms with Gasteiger partial charge >= 0.3 is 5.69 Å². The van der Waals surface area contributed by atoms with Gasteiger partial charge in [-0.3, -0.25) is 19.1 Å². The molecule has 0 aliphatic rings. The SMILES string of the molecule is CCCCCN(C(=O)CCc1nc(-c2ccc(C)cc2)no1)c1c(N)n(CCCC)c(=O)[nH]c1=O. The third-order valence-corrected chi connectivity index (χ3v) is 5.84. The van der Waals surface area contributed by atoms with Crippen molar-refractivity contribution in [1.29, 1.82) is 0 Å². The first-order valence-electron chi connectivity index (χ1n) is 12.2. The van der Waals surface area contributed by atoms with Gasteiger partial charge in [-0.15, -0.1) is 0 Å². The maximum atomic E-state index is 13.3. The second kappa shape index (κ2) is 12.1. The maximum Gasteiger partial charge on any atom is 0.330 e. The van der Waals surface area contributed by atoms with E-state index >= 15 is 0 Å². The molecule has 0 aliphatic heterocycles. The highest BCUT2D eigenvalue weighted by Crippen LogP contribution is 2.21. The summed E-state index contributed by atoms with van der Waals surface area (Å²) in [6.45, 7) is 6.74. The van der Waals surface area contributed by atoms with Crippen LogP contribution >= 0.6 is 0 Å². The van der Waals surface area contributed by atoms with E-state index in [0.29, 0.717) is 31.2 Å². The number of hydrogen-bond acceptors (Lipinski definition) is 7. The minimum absolute atomic E-state index is 0.0106. The topological polar surface area (TPSA) is 140 Å². The number of aromatic amines is 1. The van der Waals surface area contributed by atoms with Gasteiger partial charge < -0.3 is 15.2 Å². The van der Waals surface area contributed by atoms with Crippen molar-refractivity contribution in [2.45, 2.75) is 72.3 Å². The summed E-state index contributed by atoms with van der Waals surface area (Å²) in [7, 11) is 0. The summed E-state index contributed by atoms with van der Waals surface area (Å²) in [6.07, 6.45) is 4.39. The van der Waals surface area contributed by atoms with Crippen LogP contribution in [-0.2, 0) is 17.8 Å². The summed E-state index contributed by atoms with van der Waals surface area (Å²) in [5, 5.41) is 4.01. The molecule has 0 saturated carbocycles. The number of benzene rings is 1. The van der Waals surface area contributed by atoms with Crippen LogP contribution in [0, 0.1) is 6.92 Å². The molecular formula is C25H34N6O4. The predicted octanol–water partition coefficient (Wildman–Crippen LogP) is 3.43. The Morgan fingerprint density at radius 2 is 1.83 bits per heavy atom. The highest BCUT2D eigenvalue weighted by molar-refractivity contribution is 5.95. The Labute approximate surface area is 204 Å². The van der Waals surface area contributed by atoms with Crippen molar-refractivity contribution in [1.82, 2.24) is 19.7 Å². The molecule has 35 heavy (non-hydrogen) atoms. The van der Waals surface area contributed by atoms with Crippen LogP contribution in [0.1, 0.15) is 63.8 Å². The van der Waals surface area contributed by atoms with Gasteiger partial charge in [0.15, 0.2) is 5.69 Å². The van der Waals surface area contributed by atoms with E-state index in [0.717, 1.165) is 36.8 Å². The minimum Gasteiger partial charge on any atom is -0.383 e. The van der Waals surface area contributed by atoms with Gasteiger partial charge in [0.1, 0.15) is 5.82 Å². The summed E-state index contributed by atoms with van der Waals surface area (Å²) in [4.78, 5) is 46.4. The number of nitrogens with zero attached hydrogens (tertiary/aromatic N) is 4. The molecule has 0 spiro atoms. The lowest BCUT2D eigenvalue weighted by molar-refractivity contribution is -0.118. The van der Waals surface area contributed by atoms with Crippen molar-refractivity contribution >= 4 is 17.4 Å². The van der Waals surface area contributed by atoms with Crippen LogP contribution in [0.3, 0.4) is 0 Å². The summed E-state index contributed by atoms with van der Waals surface area (Å²) in [5.41, 5.74) is 7.00. The number of unbranched alkanes of at least 4 members (excludes halogenated alkanes) is 3. The molecule has 1 aromatic carbocycles. The Bertz CT molecular complexity index is 1240. The average molecular weight is 483 g/mol. The molecule has 0 atom stereocenters. The average Bonchev–Trinajstić information content (AvgIpc) is 3.31. The first kappa shape index (κ1) is 25.9. The molecule has 3 rings (SSSR count). The largest absolute Gasteiger partial charge is 0.383 e. The zero-order valence-electron chi connectivity index (χ0n) is 20.7. The summed E-state index contributed by atoms with van der Waals surface area (Å²) < 4.78 is 6.67. The quantitative estimate of drug-likeness (QED) is 0.377. The number of carbonyl (C=O) groups excluding carboxylic acids is 1. The number of hydrogen-bond donors (Lipinski definition) is 2. The standard InChI is InChI=1S/C25H34N6O4/c1-4-6-8-16-30(21-22(26)31(15-7-5-2)25(34)28-24(21)33)20(32)14-13-19-27-23(29-35-19)18-11-9-17(3)10-12-18/h9-12H,4-8,13-16,26H2,1-3H3,(H,28,33,34). The highest BCUT2D eigenvalue weighted by atomic mass is 16.5. The monoisotopic (exact) mass is 482 g/mol. The number of nitrogens with one attached hydrogen (secondary N) is 1. The zero-order chi connectivity index (χ0) is 25.4. The molecule has 2 heterocycles. The molecule has 10 heteroatoms. The number of aryl methyl sites for hydroxylation is 2. The maximum absolute atomic E-state index is 13.3. The zero-order valence-corrected chi connectivity index (χ0v) is 20.7. The molecule has 3 aromatic rings. The Balaban J connectivity index is 1.82. The van der Waals surface area contributed by atoms with Crippen molar-refractivity contribution < 1.29 is 9.32 Å². The Kier molecular flexibility index (Phi) is 8.99. The minimum atomic E-state index is -0.662. The molecule has 0 bridgehead atoms. The van der Waals surface area contributed by atoms with Crippen LogP contribution in [0.2, 0.25) is 0 Å². The third kappa shape index (κ3) is 6.46. The summed E-state index contributed by atoms with van der Waals surface area (Å²) >= 11 is 0. The van der Waals surface area contributed by atoms with Crippen LogP contribution in [0.25, 0.3) is 11.4 Å². The van der Waals surface area contributed by atoms with Gasteiger partial charge in [-0.1, -0.05) is 68.1 Å². The van der Waals surface area contributed by atoms with E-state index in [1.54, 1.807) is 0 Å². The fraction of sp³-hybridized carbons (Fsp3) is 0.480. The van der Waals surface area contributed by atoms with Gasteiger partial charge in [0, 0.05) is 31.5 Å². The number of amides is 1. The molecule has 1 amide bonds. The predicted molar refractivity (Wildman–Crippen MR) is 135 cm³/mol. The van der Waals surface area contributed by atoms with Crippen LogP contribution in [-0.4, -0.2) is 32.1 Å². The Morgan fingerprint density at radius 3 is 2.51 bits per heavy atom. The van der Waals surface area contributed by atoms with Crippen LogP contribution < -0.4 is 21.9 Å². The van der Waals surface area contributed by atoms with Crippen molar-refractivity contribution in [2.75, 3.05) is 17.2 Å². The Hall–Kier alpha value is -3.69. The number of H-pyrrole nitrogens is 1. The van der Waals surface area contributed by atoms with Gasteiger partial charge in [0.2, 0.25) is 17.6 Å². The van der Waals surface area contributed by atoms with E-state index < -0.39 is 11.2 Å². The molecule has 10 nitrogen and oxygen atoms in total. The normalized spacial score (nSPS) is 11.1. The third-order valence-electron chi connectivity index (χ3n) is 5.84. The molecular weight excluding hydrogens is 448 g/mol. The van der Waals surface area contributed by atoms with Crippen LogP contribution in [0.5, 0.6) is 0 Å². The molecule has 0 unspecified atom stereocenters. The molecule has 0 radical (unpaired) electrons. The highest BCUT2D eigenvalue weighted by Gasteiger charge is 2.24. The fourth-order valence-corrected chi connectivity index (χ4v) is 3.78.